The van der Waals surface area contributed by atoms with Gasteiger partial charge in [0.2, 0.25) is 0 Å². The molecule has 0 fully saturated rings. The summed E-state index contributed by atoms with van der Waals surface area (Å²) < 4.78 is 28.7. The molecule has 29 heavy (non-hydrogen) atoms. The lowest BCUT2D eigenvalue weighted by Gasteiger charge is -2.13. The number of benzene rings is 2. The van der Waals surface area contributed by atoms with Crippen molar-refractivity contribution in [1.29, 1.82) is 0 Å². The quantitative estimate of drug-likeness (QED) is 0.586. The summed E-state index contributed by atoms with van der Waals surface area (Å²) in [6.45, 7) is 14.5. The van der Waals surface area contributed by atoms with Gasteiger partial charge in [0.1, 0.15) is 17.4 Å². The molecule has 0 bridgehead atoms. The topological polar surface area (TPSA) is 55.1 Å². The Balaban J connectivity index is 0.000000527. The predicted molar refractivity (Wildman–Crippen MR) is 114 cm³/mol. The average Bonchev–Trinajstić information content (AvgIpc) is 2.60. The maximum atomic E-state index is 14.0. The summed E-state index contributed by atoms with van der Waals surface area (Å²) in [6, 6.07) is 6.39. The second-order valence-electron chi connectivity index (χ2n) is 8.06. The molecule has 6 heteroatoms. The van der Waals surface area contributed by atoms with Crippen LogP contribution in [0.1, 0.15) is 52.7 Å². The molecule has 0 unspecified atom stereocenters. The number of nitrogens with zero attached hydrogens (tertiary/aromatic N) is 2. The molecule has 0 radical (unpaired) electrons. The first kappa shape index (κ1) is 24.3. The van der Waals surface area contributed by atoms with Gasteiger partial charge in [-0.1, -0.05) is 41.5 Å². The number of aryl methyl sites for hydroxylation is 1. The highest BCUT2D eigenvalue weighted by atomic mass is 19.1. The third-order valence-electron chi connectivity index (χ3n) is 3.55. The zero-order valence-corrected chi connectivity index (χ0v) is 18.2. The molecule has 0 saturated carbocycles. The second-order valence-corrected chi connectivity index (χ2v) is 8.06. The third kappa shape index (κ3) is 7.29. The molecule has 1 heterocycles. The molecule has 0 aliphatic rings. The van der Waals surface area contributed by atoms with E-state index in [1.54, 1.807) is 17.6 Å². The summed E-state index contributed by atoms with van der Waals surface area (Å²) in [5.74, 6) is -1.33. The monoisotopic (exact) mass is 404 g/mol. The third-order valence-corrected chi connectivity index (χ3v) is 3.55. The van der Waals surface area contributed by atoms with Crippen LogP contribution in [0.3, 0.4) is 0 Å². The van der Waals surface area contributed by atoms with Gasteiger partial charge < -0.3 is 9.67 Å². The van der Waals surface area contributed by atoms with Gasteiger partial charge in [-0.05, 0) is 42.2 Å². The summed E-state index contributed by atoms with van der Waals surface area (Å²) in [7, 11) is 0. The van der Waals surface area contributed by atoms with Gasteiger partial charge in [-0.15, -0.1) is 0 Å². The summed E-state index contributed by atoms with van der Waals surface area (Å²) in [6.07, 6.45) is 1.31. The van der Waals surface area contributed by atoms with Crippen LogP contribution >= 0.6 is 0 Å². The van der Waals surface area contributed by atoms with Crippen molar-refractivity contribution in [2.45, 2.75) is 55.0 Å². The SMILES string of the molecule is CC.CC(C)(C)C.Cc1cc(F)cc(F)c1Cn1cnc(=O)c2cc(O)ccc21. The van der Waals surface area contributed by atoms with Crippen LogP contribution < -0.4 is 5.56 Å². The minimum atomic E-state index is -0.650. The van der Waals surface area contributed by atoms with Crippen molar-refractivity contribution in [3.63, 3.8) is 0 Å². The highest BCUT2D eigenvalue weighted by molar-refractivity contribution is 5.79. The maximum absolute atomic E-state index is 14.0. The first-order chi connectivity index (χ1) is 13.5. The second kappa shape index (κ2) is 10.1. The Morgan fingerprint density at radius 1 is 1.07 bits per heavy atom. The van der Waals surface area contributed by atoms with Crippen molar-refractivity contribution in [1.82, 2.24) is 9.55 Å². The number of hydrogen-bond donors (Lipinski definition) is 1. The molecule has 0 amide bonds. The molecule has 158 valence electrons. The van der Waals surface area contributed by atoms with Crippen LogP contribution in [0.25, 0.3) is 10.9 Å². The van der Waals surface area contributed by atoms with Crippen LogP contribution in [0.2, 0.25) is 0 Å². The Morgan fingerprint density at radius 2 is 1.66 bits per heavy atom. The minimum Gasteiger partial charge on any atom is -0.508 e. The van der Waals surface area contributed by atoms with Gasteiger partial charge in [0.25, 0.3) is 5.56 Å². The van der Waals surface area contributed by atoms with Crippen LogP contribution in [-0.4, -0.2) is 14.7 Å². The largest absolute Gasteiger partial charge is 0.508 e. The normalized spacial score (nSPS) is 10.7. The zero-order chi connectivity index (χ0) is 22.4. The van der Waals surface area contributed by atoms with E-state index in [9.17, 15) is 18.7 Å². The molecular formula is C23H30F2N2O2. The number of fused-ring (bicyclic) bond motifs is 1. The van der Waals surface area contributed by atoms with E-state index in [1.165, 1.54) is 24.5 Å². The summed E-state index contributed by atoms with van der Waals surface area (Å²) >= 11 is 0. The lowest BCUT2D eigenvalue weighted by Crippen LogP contribution is -2.14. The molecule has 3 aromatic rings. The van der Waals surface area contributed by atoms with Crippen LogP contribution in [-0.2, 0) is 6.54 Å². The Kier molecular flexibility index (Phi) is 8.49. The Hall–Kier alpha value is -2.76. The van der Waals surface area contributed by atoms with Gasteiger partial charge in [-0.2, -0.15) is 4.98 Å². The zero-order valence-electron chi connectivity index (χ0n) is 18.2. The van der Waals surface area contributed by atoms with Gasteiger partial charge >= 0.3 is 0 Å². The fourth-order valence-corrected chi connectivity index (χ4v) is 2.43. The van der Waals surface area contributed by atoms with Gasteiger partial charge in [0.15, 0.2) is 0 Å². The number of aromatic nitrogens is 2. The molecule has 0 aliphatic heterocycles. The van der Waals surface area contributed by atoms with E-state index in [1.807, 2.05) is 13.8 Å². The van der Waals surface area contributed by atoms with Gasteiger partial charge in [0.05, 0.1) is 23.8 Å². The van der Waals surface area contributed by atoms with E-state index in [2.05, 4.69) is 32.7 Å². The molecule has 3 rings (SSSR count). The van der Waals surface area contributed by atoms with Crippen LogP contribution in [0, 0.1) is 24.0 Å². The number of phenols is 1. The highest BCUT2D eigenvalue weighted by Gasteiger charge is 2.11. The molecule has 2 aromatic carbocycles. The number of aromatic hydroxyl groups is 1. The molecule has 0 saturated heterocycles. The fourth-order valence-electron chi connectivity index (χ4n) is 2.43. The molecule has 1 N–H and O–H groups in total. The fraction of sp³-hybridized carbons (Fsp3) is 0.391. The van der Waals surface area contributed by atoms with Gasteiger partial charge in [-0.3, -0.25) is 4.79 Å². The Labute approximate surface area is 170 Å². The number of hydrogen-bond acceptors (Lipinski definition) is 3. The van der Waals surface area contributed by atoms with E-state index in [-0.39, 0.29) is 17.7 Å². The molecule has 1 aromatic heterocycles. The Bertz CT molecular complexity index is 993. The standard InChI is InChI=1S/C16H12F2N2O2.C5H12.C2H6/c1-9-4-10(17)5-14(18)13(9)7-20-8-19-16(22)12-6-11(21)2-3-15(12)20;1-5(2,3)4;1-2/h2-6,8,21H,7H2,1H3;1-4H3;1-2H3. The summed E-state index contributed by atoms with van der Waals surface area (Å²) in [4.78, 5) is 15.5. The van der Waals surface area contributed by atoms with Crippen molar-refractivity contribution in [3.8, 4) is 5.75 Å². The highest BCUT2D eigenvalue weighted by Crippen LogP contribution is 2.20. The van der Waals surface area contributed by atoms with Crippen molar-refractivity contribution < 1.29 is 13.9 Å². The van der Waals surface area contributed by atoms with Crippen LogP contribution in [0.5, 0.6) is 5.75 Å². The van der Waals surface area contributed by atoms with Crippen molar-refractivity contribution in [3.05, 3.63) is 69.8 Å². The molecule has 4 nitrogen and oxygen atoms in total. The summed E-state index contributed by atoms with van der Waals surface area (Å²) in [5.41, 5.74) is 1.34. The van der Waals surface area contributed by atoms with E-state index in [0.717, 1.165) is 6.07 Å². The van der Waals surface area contributed by atoms with E-state index < -0.39 is 17.2 Å². The van der Waals surface area contributed by atoms with Crippen LogP contribution in [0.15, 0.2) is 41.5 Å². The number of rotatable bonds is 2. The van der Waals surface area contributed by atoms with E-state index in [0.29, 0.717) is 22.1 Å². The van der Waals surface area contributed by atoms with Crippen LogP contribution in [0.4, 0.5) is 8.78 Å². The predicted octanol–water partition coefficient (Wildman–Crippen LogP) is 5.82. The first-order valence-corrected chi connectivity index (χ1v) is 9.58. The average molecular weight is 405 g/mol. The first-order valence-electron chi connectivity index (χ1n) is 9.58. The van der Waals surface area contributed by atoms with Crippen molar-refractivity contribution in [2.75, 3.05) is 0 Å². The van der Waals surface area contributed by atoms with E-state index in [4.69, 9.17) is 0 Å². The van der Waals surface area contributed by atoms with E-state index >= 15 is 0 Å². The minimum absolute atomic E-state index is 0.0479. The summed E-state index contributed by atoms with van der Waals surface area (Å²) in [5, 5.41) is 9.72. The smallest absolute Gasteiger partial charge is 0.280 e. The Morgan fingerprint density at radius 3 is 2.21 bits per heavy atom. The molecule has 0 atom stereocenters. The molecule has 0 aliphatic carbocycles. The van der Waals surface area contributed by atoms with Crippen molar-refractivity contribution >= 4 is 10.9 Å². The molecular weight excluding hydrogens is 374 g/mol. The number of phenolic OH excluding ortho intramolecular Hbond substituents is 1. The van der Waals surface area contributed by atoms with Gasteiger partial charge in [0, 0.05) is 11.6 Å². The lowest BCUT2D eigenvalue weighted by molar-refractivity contribution is 0.469. The van der Waals surface area contributed by atoms with Gasteiger partial charge in [-0.25, -0.2) is 8.78 Å². The maximum Gasteiger partial charge on any atom is 0.280 e. The lowest BCUT2D eigenvalue weighted by atomic mass is 10.0. The van der Waals surface area contributed by atoms with Crippen molar-refractivity contribution in [2.24, 2.45) is 5.41 Å². The number of halogens is 2. The molecule has 0 spiro atoms.